The van der Waals surface area contributed by atoms with Crippen LogP contribution in [0.5, 0.6) is 0 Å². The van der Waals surface area contributed by atoms with Gasteiger partial charge in [-0.15, -0.1) is 0 Å². The number of ether oxygens (including phenoxy) is 1. The van der Waals surface area contributed by atoms with E-state index in [0.29, 0.717) is 32.7 Å². The van der Waals surface area contributed by atoms with Gasteiger partial charge in [-0.3, -0.25) is 0 Å². The Morgan fingerprint density at radius 2 is 1.77 bits per heavy atom. The molecular weight excluding hydrogens is 300 g/mol. The van der Waals surface area contributed by atoms with Crippen molar-refractivity contribution in [1.82, 2.24) is 5.01 Å². The first-order valence-corrected chi connectivity index (χ1v) is 9.14. The van der Waals surface area contributed by atoms with Crippen LogP contribution in [0.2, 0.25) is 0 Å². The monoisotopic (exact) mass is 318 g/mol. The van der Waals surface area contributed by atoms with Gasteiger partial charge < -0.3 is 4.74 Å². The number of anilines is 1. The fourth-order valence-electron chi connectivity index (χ4n) is 3.25. The molecule has 6 heteroatoms. The quantitative estimate of drug-likeness (QED) is 0.804. The summed E-state index contributed by atoms with van der Waals surface area (Å²) in [7, 11) is -3.32. The highest BCUT2D eigenvalue weighted by Gasteiger charge is 2.36. The van der Waals surface area contributed by atoms with Crippen LogP contribution in [-0.2, 0) is 21.2 Å². The lowest BCUT2D eigenvalue weighted by molar-refractivity contribution is 0.0408. The SMILES string of the molecule is O=S1(=O)CCc2ccc3ccccc3c2N1N1CCOCC1. The topological polar surface area (TPSA) is 49.9 Å². The Morgan fingerprint density at radius 1 is 1.00 bits per heavy atom. The van der Waals surface area contributed by atoms with Crippen LogP contribution < -0.4 is 4.41 Å². The summed E-state index contributed by atoms with van der Waals surface area (Å²) < 4.78 is 32.4. The van der Waals surface area contributed by atoms with Gasteiger partial charge in [0, 0.05) is 18.5 Å². The number of fused-ring (bicyclic) bond motifs is 3. The van der Waals surface area contributed by atoms with E-state index in [1.807, 2.05) is 29.3 Å². The van der Waals surface area contributed by atoms with Crippen molar-refractivity contribution in [2.24, 2.45) is 0 Å². The van der Waals surface area contributed by atoms with Gasteiger partial charge in [0.15, 0.2) is 0 Å². The minimum Gasteiger partial charge on any atom is -0.379 e. The van der Waals surface area contributed by atoms with Crippen molar-refractivity contribution in [3.63, 3.8) is 0 Å². The van der Waals surface area contributed by atoms with E-state index in [9.17, 15) is 8.42 Å². The molecule has 2 aromatic carbocycles. The van der Waals surface area contributed by atoms with Gasteiger partial charge in [-0.25, -0.2) is 13.4 Å². The van der Waals surface area contributed by atoms with Crippen molar-refractivity contribution in [3.05, 3.63) is 42.0 Å². The van der Waals surface area contributed by atoms with E-state index in [-0.39, 0.29) is 5.75 Å². The van der Waals surface area contributed by atoms with Gasteiger partial charge in [-0.2, -0.15) is 4.41 Å². The van der Waals surface area contributed by atoms with Crippen molar-refractivity contribution >= 4 is 26.5 Å². The number of benzene rings is 2. The van der Waals surface area contributed by atoms with Crippen LogP contribution >= 0.6 is 0 Å². The number of hydrazine groups is 1. The molecular formula is C16H18N2O3S. The van der Waals surface area contributed by atoms with E-state index >= 15 is 0 Å². The second kappa shape index (κ2) is 5.22. The van der Waals surface area contributed by atoms with Crippen LogP contribution in [0.15, 0.2) is 36.4 Å². The van der Waals surface area contributed by atoms with Gasteiger partial charge in [0.25, 0.3) is 0 Å². The molecule has 2 heterocycles. The first-order chi connectivity index (χ1) is 10.7. The molecule has 0 aliphatic carbocycles. The van der Waals surface area contributed by atoms with Gasteiger partial charge in [0.2, 0.25) is 10.0 Å². The fourth-order valence-corrected chi connectivity index (χ4v) is 4.90. The van der Waals surface area contributed by atoms with Crippen LogP contribution in [0.3, 0.4) is 0 Å². The van der Waals surface area contributed by atoms with Crippen molar-refractivity contribution in [2.45, 2.75) is 6.42 Å². The molecule has 2 aliphatic heterocycles. The Balaban J connectivity index is 1.95. The second-order valence-electron chi connectivity index (χ2n) is 5.67. The number of aryl methyl sites for hydroxylation is 1. The van der Waals surface area contributed by atoms with Crippen LogP contribution in [0, 0.1) is 0 Å². The zero-order valence-electron chi connectivity index (χ0n) is 12.2. The number of nitrogens with zero attached hydrogens (tertiary/aromatic N) is 2. The highest BCUT2D eigenvalue weighted by molar-refractivity contribution is 7.92. The predicted molar refractivity (Wildman–Crippen MR) is 86.3 cm³/mol. The first kappa shape index (κ1) is 14.0. The third-order valence-corrected chi connectivity index (χ3v) is 5.97. The van der Waals surface area contributed by atoms with Crippen molar-refractivity contribution < 1.29 is 13.2 Å². The number of rotatable bonds is 1. The standard InChI is InChI=1S/C16H18N2O3S/c19-22(20)12-7-14-6-5-13-3-1-2-4-15(13)16(14)18(22)17-8-10-21-11-9-17/h1-6H,7-12H2. The fraction of sp³-hybridized carbons (Fsp3) is 0.375. The van der Waals surface area contributed by atoms with Crippen LogP contribution in [0.1, 0.15) is 5.56 Å². The molecule has 0 bridgehead atoms. The minimum absolute atomic E-state index is 0.162. The molecule has 0 N–H and O–H groups in total. The molecule has 116 valence electrons. The van der Waals surface area contributed by atoms with E-state index in [1.54, 1.807) is 0 Å². The van der Waals surface area contributed by atoms with Crippen LogP contribution in [0.25, 0.3) is 10.8 Å². The Hall–Kier alpha value is -1.63. The Kier molecular flexibility index (Phi) is 3.32. The zero-order chi connectivity index (χ0) is 15.2. The van der Waals surface area contributed by atoms with E-state index in [1.165, 1.54) is 4.41 Å². The van der Waals surface area contributed by atoms with E-state index in [4.69, 9.17) is 4.74 Å². The molecule has 22 heavy (non-hydrogen) atoms. The maximum Gasteiger partial charge on any atom is 0.249 e. The summed E-state index contributed by atoms with van der Waals surface area (Å²) in [6.07, 6.45) is 0.573. The lowest BCUT2D eigenvalue weighted by atomic mass is 10.0. The number of sulfonamides is 1. The van der Waals surface area contributed by atoms with Gasteiger partial charge in [0.1, 0.15) is 0 Å². The number of hydrogen-bond donors (Lipinski definition) is 0. The molecule has 1 fully saturated rings. The summed E-state index contributed by atoms with van der Waals surface area (Å²) in [5.41, 5.74) is 1.92. The molecule has 0 atom stereocenters. The normalized spacial score (nSPS) is 21.7. The maximum atomic E-state index is 12.7. The minimum atomic E-state index is -3.32. The third kappa shape index (κ3) is 2.18. The van der Waals surface area contributed by atoms with E-state index < -0.39 is 10.0 Å². The highest BCUT2D eigenvalue weighted by Crippen LogP contribution is 2.37. The van der Waals surface area contributed by atoms with Crippen LogP contribution in [0.4, 0.5) is 5.69 Å². The third-order valence-electron chi connectivity index (χ3n) is 4.31. The summed E-state index contributed by atoms with van der Waals surface area (Å²) in [6, 6.07) is 12.1. The Morgan fingerprint density at radius 3 is 2.59 bits per heavy atom. The molecule has 0 aromatic heterocycles. The number of morpholine rings is 1. The van der Waals surface area contributed by atoms with E-state index in [0.717, 1.165) is 22.0 Å². The summed E-state index contributed by atoms with van der Waals surface area (Å²) in [5, 5.41) is 3.97. The smallest absolute Gasteiger partial charge is 0.249 e. The largest absolute Gasteiger partial charge is 0.379 e. The highest BCUT2D eigenvalue weighted by atomic mass is 32.2. The molecule has 4 rings (SSSR count). The first-order valence-electron chi connectivity index (χ1n) is 7.53. The lowest BCUT2D eigenvalue weighted by Crippen LogP contribution is -2.54. The molecule has 0 saturated carbocycles. The van der Waals surface area contributed by atoms with Crippen molar-refractivity contribution in [3.8, 4) is 0 Å². The average Bonchev–Trinajstić information content (AvgIpc) is 2.55. The van der Waals surface area contributed by atoms with E-state index in [2.05, 4.69) is 12.1 Å². The molecule has 0 amide bonds. The lowest BCUT2D eigenvalue weighted by Gasteiger charge is -2.41. The van der Waals surface area contributed by atoms with Gasteiger partial charge >= 0.3 is 0 Å². The predicted octanol–water partition coefficient (Wildman–Crippen LogP) is 1.78. The van der Waals surface area contributed by atoms with Gasteiger partial charge in [0.05, 0.1) is 24.7 Å². The maximum absolute atomic E-state index is 12.7. The summed E-state index contributed by atoms with van der Waals surface area (Å²) in [4.78, 5) is 0. The molecule has 2 aromatic rings. The Labute approximate surface area is 130 Å². The van der Waals surface area contributed by atoms with Gasteiger partial charge in [-0.1, -0.05) is 36.4 Å². The summed E-state index contributed by atoms with van der Waals surface area (Å²) in [6.45, 7) is 2.32. The molecule has 0 spiro atoms. The summed E-state index contributed by atoms with van der Waals surface area (Å²) >= 11 is 0. The Bertz CT molecular complexity index is 813. The molecule has 2 aliphatic rings. The molecule has 0 unspecified atom stereocenters. The second-order valence-corrected chi connectivity index (χ2v) is 7.59. The number of hydrogen-bond acceptors (Lipinski definition) is 4. The molecule has 0 radical (unpaired) electrons. The molecule has 5 nitrogen and oxygen atoms in total. The van der Waals surface area contributed by atoms with Crippen molar-refractivity contribution in [2.75, 3.05) is 36.5 Å². The molecule has 1 saturated heterocycles. The summed E-state index contributed by atoms with van der Waals surface area (Å²) in [5.74, 6) is 0.162. The van der Waals surface area contributed by atoms with Crippen molar-refractivity contribution in [1.29, 1.82) is 0 Å². The zero-order valence-corrected chi connectivity index (χ0v) is 13.1. The van der Waals surface area contributed by atoms with Gasteiger partial charge in [-0.05, 0) is 17.4 Å². The van der Waals surface area contributed by atoms with Crippen LogP contribution in [-0.4, -0.2) is 45.5 Å². The average molecular weight is 318 g/mol.